The van der Waals surface area contributed by atoms with Gasteiger partial charge in [0.1, 0.15) is 5.75 Å². The van der Waals surface area contributed by atoms with Crippen molar-refractivity contribution < 1.29 is 9.53 Å². The largest absolute Gasteiger partial charge is 0.497 e. The molecular weight excluding hydrogens is 364 g/mol. The zero-order chi connectivity index (χ0) is 20.2. The molecule has 3 aromatic rings. The zero-order valence-electron chi connectivity index (χ0n) is 16.9. The van der Waals surface area contributed by atoms with Crippen LogP contribution in [0.3, 0.4) is 0 Å². The summed E-state index contributed by atoms with van der Waals surface area (Å²) in [7, 11) is 3.58. The molecule has 1 atom stereocenters. The Balaban J connectivity index is 1.60. The van der Waals surface area contributed by atoms with Crippen LogP contribution in [0, 0.1) is 0 Å². The summed E-state index contributed by atoms with van der Waals surface area (Å²) in [4.78, 5) is 19.3. The Hall–Kier alpha value is -3.15. The average Bonchev–Trinajstić information content (AvgIpc) is 3.16. The van der Waals surface area contributed by atoms with E-state index in [4.69, 9.17) is 9.84 Å². The highest BCUT2D eigenvalue weighted by molar-refractivity contribution is 5.80. The fraction of sp³-hybridized carbons (Fsp3) is 0.348. The Labute approximate surface area is 171 Å². The molecule has 29 heavy (non-hydrogen) atoms. The Morgan fingerprint density at radius 2 is 1.90 bits per heavy atom. The molecule has 6 heteroatoms. The molecule has 1 fully saturated rings. The lowest BCUT2D eigenvalue weighted by Crippen LogP contribution is -2.39. The fourth-order valence-corrected chi connectivity index (χ4v) is 4.04. The van der Waals surface area contributed by atoms with Crippen LogP contribution in [0.4, 0.5) is 0 Å². The zero-order valence-corrected chi connectivity index (χ0v) is 16.9. The molecule has 1 saturated heterocycles. The number of amides is 1. The molecule has 3 heterocycles. The minimum atomic E-state index is -0.00105. The second-order valence-electron chi connectivity index (χ2n) is 7.46. The minimum Gasteiger partial charge on any atom is -0.497 e. The number of aromatic nitrogens is 3. The van der Waals surface area contributed by atoms with E-state index >= 15 is 0 Å². The molecule has 0 N–H and O–H groups in total. The summed E-state index contributed by atoms with van der Waals surface area (Å²) in [6, 6.07) is 11.7. The van der Waals surface area contributed by atoms with Gasteiger partial charge in [0.05, 0.1) is 25.3 Å². The summed E-state index contributed by atoms with van der Waals surface area (Å²) in [5.41, 5.74) is 4.12. The number of methoxy groups -OCH3 is 1. The van der Waals surface area contributed by atoms with Crippen molar-refractivity contribution in [1.29, 1.82) is 0 Å². The number of rotatable bonds is 5. The molecule has 0 bridgehead atoms. The Kier molecular flexibility index (Phi) is 5.60. The maximum Gasteiger partial charge on any atom is 0.227 e. The third-order valence-corrected chi connectivity index (χ3v) is 5.50. The number of ether oxygens (including phenoxy) is 1. The number of pyridine rings is 1. The van der Waals surface area contributed by atoms with E-state index in [1.54, 1.807) is 19.5 Å². The van der Waals surface area contributed by atoms with Crippen LogP contribution in [-0.2, 0) is 18.3 Å². The fourth-order valence-electron chi connectivity index (χ4n) is 4.04. The van der Waals surface area contributed by atoms with Gasteiger partial charge in [-0.3, -0.25) is 14.5 Å². The monoisotopic (exact) mass is 390 g/mol. The van der Waals surface area contributed by atoms with Gasteiger partial charge in [0.2, 0.25) is 5.91 Å². The van der Waals surface area contributed by atoms with Crippen LogP contribution < -0.4 is 4.74 Å². The Bertz CT molecular complexity index is 966. The molecule has 0 spiro atoms. The second-order valence-corrected chi connectivity index (χ2v) is 7.46. The molecule has 4 rings (SSSR count). The number of hydrogen-bond donors (Lipinski definition) is 0. The predicted molar refractivity (Wildman–Crippen MR) is 111 cm³/mol. The second kappa shape index (κ2) is 8.47. The maximum atomic E-state index is 13.2. The van der Waals surface area contributed by atoms with Gasteiger partial charge in [-0.2, -0.15) is 5.10 Å². The van der Waals surface area contributed by atoms with E-state index in [0.717, 1.165) is 53.9 Å². The summed E-state index contributed by atoms with van der Waals surface area (Å²) in [5.74, 6) is 0.943. The molecule has 0 saturated carbocycles. The van der Waals surface area contributed by atoms with Crippen LogP contribution in [0.15, 0.2) is 55.0 Å². The molecule has 2 aromatic heterocycles. The van der Waals surface area contributed by atoms with Crippen LogP contribution in [0.5, 0.6) is 5.75 Å². The van der Waals surface area contributed by atoms with Gasteiger partial charge in [0.25, 0.3) is 0 Å². The first-order valence-electron chi connectivity index (χ1n) is 10.0. The van der Waals surface area contributed by atoms with E-state index in [2.05, 4.69) is 4.98 Å². The molecule has 0 radical (unpaired) electrons. The molecule has 1 unspecified atom stereocenters. The highest BCUT2D eigenvalue weighted by Crippen LogP contribution is 2.36. The lowest BCUT2D eigenvalue weighted by molar-refractivity contribution is -0.134. The topological polar surface area (TPSA) is 60.2 Å². The third-order valence-electron chi connectivity index (χ3n) is 5.50. The molecule has 6 nitrogen and oxygen atoms in total. The Morgan fingerprint density at radius 1 is 1.14 bits per heavy atom. The number of carbonyl (C=O) groups excluding carboxylic acids is 1. The highest BCUT2D eigenvalue weighted by Gasteiger charge is 2.31. The van der Waals surface area contributed by atoms with Crippen molar-refractivity contribution in [2.45, 2.75) is 31.7 Å². The first-order chi connectivity index (χ1) is 14.2. The van der Waals surface area contributed by atoms with Gasteiger partial charge >= 0.3 is 0 Å². The summed E-state index contributed by atoms with van der Waals surface area (Å²) in [5, 5.41) is 4.76. The SMILES string of the molecule is COc1ccc(CC(=O)N2CCCCC2c2nn(C)cc2-c2ccncc2)cc1. The smallest absolute Gasteiger partial charge is 0.227 e. The minimum absolute atomic E-state index is 0.00105. The maximum absolute atomic E-state index is 13.2. The standard InChI is InChI=1S/C23H26N4O2/c1-26-16-20(18-10-12-24-13-11-18)23(25-26)21-5-3-4-14-27(21)22(28)15-17-6-8-19(29-2)9-7-17/h6-13,16,21H,3-5,14-15H2,1-2H3. The molecule has 1 amide bonds. The quantitative estimate of drug-likeness (QED) is 0.665. The van der Waals surface area contributed by atoms with Crippen LogP contribution >= 0.6 is 0 Å². The van der Waals surface area contributed by atoms with Crippen LogP contribution in [-0.4, -0.2) is 39.2 Å². The van der Waals surface area contributed by atoms with Crippen LogP contribution in [0.25, 0.3) is 11.1 Å². The molecule has 150 valence electrons. The van der Waals surface area contributed by atoms with Crippen molar-refractivity contribution >= 4 is 5.91 Å². The summed E-state index contributed by atoms with van der Waals surface area (Å²) >= 11 is 0. The van der Waals surface area contributed by atoms with E-state index < -0.39 is 0 Å². The van der Waals surface area contributed by atoms with Crippen molar-refractivity contribution in [3.05, 3.63) is 66.2 Å². The molecule has 1 aliphatic rings. The van der Waals surface area contributed by atoms with Gasteiger partial charge in [-0.1, -0.05) is 12.1 Å². The summed E-state index contributed by atoms with van der Waals surface area (Å²) < 4.78 is 7.05. The summed E-state index contributed by atoms with van der Waals surface area (Å²) in [6.45, 7) is 0.770. The van der Waals surface area contributed by atoms with Crippen molar-refractivity contribution in [1.82, 2.24) is 19.7 Å². The van der Waals surface area contributed by atoms with Gasteiger partial charge < -0.3 is 9.64 Å². The van der Waals surface area contributed by atoms with E-state index in [1.807, 2.05) is 59.2 Å². The van der Waals surface area contributed by atoms with Gasteiger partial charge in [-0.05, 0) is 54.7 Å². The number of carbonyl (C=O) groups is 1. The van der Waals surface area contributed by atoms with Gasteiger partial charge in [-0.25, -0.2) is 0 Å². The van der Waals surface area contributed by atoms with Crippen LogP contribution in [0.1, 0.15) is 36.6 Å². The van der Waals surface area contributed by atoms with E-state index in [-0.39, 0.29) is 11.9 Å². The van der Waals surface area contributed by atoms with Gasteiger partial charge in [0.15, 0.2) is 0 Å². The molecule has 1 aromatic carbocycles. The molecular formula is C23H26N4O2. The van der Waals surface area contributed by atoms with Crippen molar-refractivity contribution in [3.63, 3.8) is 0 Å². The molecule has 1 aliphatic heterocycles. The van der Waals surface area contributed by atoms with Crippen LogP contribution in [0.2, 0.25) is 0 Å². The lowest BCUT2D eigenvalue weighted by atomic mass is 9.94. The van der Waals surface area contributed by atoms with Gasteiger partial charge in [0, 0.05) is 37.7 Å². The highest BCUT2D eigenvalue weighted by atomic mass is 16.5. The number of hydrogen-bond acceptors (Lipinski definition) is 4. The first kappa shape index (κ1) is 19.2. The van der Waals surface area contributed by atoms with E-state index in [0.29, 0.717) is 6.42 Å². The number of likely N-dealkylation sites (tertiary alicyclic amines) is 1. The number of aryl methyl sites for hydroxylation is 1. The first-order valence-corrected chi connectivity index (χ1v) is 10.0. The number of nitrogens with zero attached hydrogens (tertiary/aromatic N) is 4. The number of benzene rings is 1. The van der Waals surface area contributed by atoms with Gasteiger partial charge in [-0.15, -0.1) is 0 Å². The lowest BCUT2D eigenvalue weighted by Gasteiger charge is -2.35. The van der Waals surface area contributed by atoms with E-state index in [1.165, 1.54) is 0 Å². The number of piperidine rings is 1. The average molecular weight is 390 g/mol. The normalized spacial score (nSPS) is 16.6. The molecule has 0 aliphatic carbocycles. The van der Waals surface area contributed by atoms with E-state index in [9.17, 15) is 4.79 Å². The van der Waals surface area contributed by atoms with Crippen molar-refractivity contribution in [3.8, 4) is 16.9 Å². The van der Waals surface area contributed by atoms with Crippen molar-refractivity contribution in [2.75, 3.05) is 13.7 Å². The van der Waals surface area contributed by atoms with Crippen molar-refractivity contribution in [2.24, 2.45) is 7.05 Å². The Morgan fingerprint density at radius 3 is 2.62 bits per heavy atom. The predicted octanol–water partition coefficient (Wildman–Crippen LogP) is 3.79. The third kappa shape index (κ3) is 4.16. The summed E-state index contributed by atoms with van der Waals surface area (Å²) in [6.07, 6.45) is 9.07.